The molecule has 0 saturated carbocycles. The average Bonchev–Trinajstić information content (AvgIpc) is 2.72. The molecule has 0 aliphatic carbocycles. The summed E-state index contributed by atoms with van der Waals surface area (Å²) in [6.45, 7) is 0.255. The lowest BCUT2D eigenvalue weighted by atomic mass is 10.1. The van der Waals surface area contributed by atoms with Crippen LogP contribution in [-0.4, -0.2) is 23.3 Å². The lowest BCUT2D eigenvalue weighted by Gasteiger charge is -2.16. The van der Waals surface area contributed by atoms with Crippen LogP contribution in [0.5, 0.6) is 11.5 Å². The molecule has 8 heteroatoms. The van der Waals surface area contributed by atoms with Crippen LogP contribution in [0.15, 0.2) is 52.4 Å². The van der Waals surface area contributed by atoms with E-state index in [-0.39, 0.29) is 17.9 Å². The highest BCUT2D eigenvalue weighted by Gasteiger charge is 2.20. The van der Waals surface area contributed by atoms with Crippen molar-refractivity contribution in [1.82, 2.24) is 9.97 Å². The fourth-order valence-corrected chi connectivity index (χ4v) is 3.10. The minimum Gasteiger partial charge on any atom is -0.493 e. The number of rotatable bonds is 6. The lowest BCUT2D eigenvalue weighted by Crippen LogP contribution is -2.15. The summed E-state index contributed by atoms with van der Waals surface area (Å²) < 4.78 is 11.4. The molecule has 3 aromatic rings. The highest BCUT2D eigenvalue weighted by Crippen LogP contribution is 2.38. The first-order valence-electron chi connectivity index (χ1n) is 8.20. The van der Waals surface area contributed by atoms with Gasteiger partial charge in [-0.3, -0.25) is 4.79 Å². The zero-order valence-electron chi connectivity index (χ0n) is 15.2. The Hall–Kier alpha value is -2.95. The zero-order chi connectivity index (χ0) is 20.1. The SMILES string of the molecule is COc1cccc(-c2nc(SC)[nH]c(=O)c2C#N)c1OCc1ccc(Cl)cc1. The van der Waals surface area contributed by atoms with Gasteiger partial charge in [-0.25, -0.2) is 4.98 Å². The highest BCUT2D eigenvalue weighted by atomic mass is 35.5. The second kappa shape index (κ2) is 8.83. The molecule has 0 aliphatic heterocycles. The third-order valence-electron chi connectivity index (χ3n) is 3.95. The van der Waals surface area contributed by atoms with Crippen LogP contribution < -0.4 is 15.0 Å². The van der Waals surface area contributed by atoms with Crippen molar-refractivity contribution in [1.29, 1.82) is 5.26 Å². The standard InChI is InChI=1S/C20H16ClN3O3S/c1-26-16-5-3-4-14(17-15(10-22)19(25)24-20(23-17)28-2)18(16)27-11-12-6-8-13(21)9-7-12/h3-9H,11H2,1-2H3,(H,23,24,25). The number of H-pyrrole nitrogens is 1. The van der Waals surface area contributed by atoms with Gasteiger partial charge in [-0.05, 0) is 36.1 Å². The first-order chi connectivity index (χ1) is 13.6. The predicted octanol–water partition coefficient (Wildman–Crippen LogP) is 4.27. The van der Waals surface area contributed by atoms with Crippen molar-refractivity contribution in [2.24, 2.45) is 0 Å². The lowest BCUT2D eigenvalue weighted by molar-refractivity contribution is 0.285. The summed E-state index contributed by atoms with van der Waals surface area (Å²) in [4.78, 5) is 19.3. The number of aromatic amines is 1. The van der Waals surface area contributed by atoms with E-state index in [9.17, 15) is 10.1 Å². The molecule has 1 aromatic heterocycles. The number of thioether (sulfide) groups is 1. The van der Waals surface area contributed by atoms with Crippen LogP contribution in [0.2, 0.25) is 5.02 Å². The van der Waals surface area contributed by atoms with E-state index in [1.165, 1.54) is 18.9 Å². The Balaban J connectivity index is 2.10. The monoisotopic (exact) mass is 413 g/mol. The molecule has 0 spiro atoms. The van der Waals surface area contributed by atoms with Crippen LogP contribution in [0.3, 0.4) is 0 Å². The summed E-state index contributed by atoms with van der Waals surface area (Å²) in [6.07, 6.45) is 1.79. The van der Waals surface area contributed by atoms with Gasteiger partial charge in [-0.1, -0.05) is 41.6 Å². The first kappa shape index (κ1) is 19.8. The number of nitrogens with one attached hydrogen (secondary N) is 1. The van der Waals surface area contributed by atoms with E-state index in [2.05, 4.69) is 9.97 Å². The zero-order valence-corrected chi connectivity index (χ0v) is 16.7. The molecule has 0 saturated heterocycles. The third-order valence-corrected chi connectivity index (χ3v) is 4.79. The molecular weight excluding hydrogens is 398 g/mol. The van der Waals surface area contributed by atoms with E-state index in [0.29, 0.717) is 27.2 Å². The fourth-order valence-electron chi connectivity index (χ4n) is 2.60. The van der Waals surface area contributed by atoms with Gasteiger partial charge in [0.15, 0.2) is 16.7 Å². The Labute approximate surface area is 171 Å². The van der Waals surface area contributed by atoms with Gasteiger partial charge >= 0.3 is 0 Å². The summed E-state index contributed by atoms with van der Waals surface area (Å²) in [5, 5.41) is 10.5. The number of halogens is 1. The van der Waals surface area contributed by atoms with Crippen molar-refractivity contribution in [3.63, 3.8) is 0 Å². The normalized spacial score (nSPS) is 10.4. The molecule has 1 N–H and O–H groups in total. The topological polar surface area (TPSA) is 88.0 Å². The summed E-state index contributed by atoms with van der Waals surface area (Å²) in [5.74, 6) is 0.879. The molecule has 0 radical (unpaired) electrons. The van der Waals surface area contributed by atoms with Gasteiger partial charge < -0.3 is 14.5 Å². The Kier molecular flexibility index (Phi) is 6.24. The van der Waals surface area contributed by atoms with Crippen LogP contribution in [0.1, 0.15) is 11.1 Å². The van der Waals surface area contributed by atoms with Crippen molar-refractivity contribution in [3.05, 3.63) is 69.0 Å². The third kappa shape index (κ3) is 4.14. The van der Waals surface area contributed by atoms with Gasteiger partial charge in [0.2, 0.25) is 0 Å². The van der Waals surface area contributed by atoms with Crippen molar-refractivity contribution < 1.29 is 9.47 Å². The molecule has 0 unspecified atom stereocenters. The molecule has 0 atom stereocenters. The molecule has 3 rings (SSSR count). The maximum Gasteiger partial charge on any atom is 0.270 e. The number of nitriles is 1. The van der Waals surface area contributed by atoms with E-state index < -0.39 is 5.56 Å². The minimum atomic E-state index is -0.497. The molecule has 28 heavy (non-hydrogen) atoms. The van der Waals surface area contributed by atoms with Crippen molar-refractivity contribution in [3.8, 4) is 28.8 Å². The van der Waals surface area contributed by atoms with E-state index >= 15 is 0 Å². The van der Waals surface area contributed by atoms with Crippen LogP contribution in [0.4, 0.5) is 0 Å². The Morgan fingerprint density at radius 3 is 2.64 bits per heavy atom. The Morgan fingerprint density at radius 2 is 2.00 bits per heavy atom. The molecule has 0 amide bonds. The summed E-state index contributed by atoms with van der Waals surface area (Å²) >= 11 is 7.20. The quantitative estimate of drug-likeness (QED) is 0.479. The van der Waals surface area contributed by atoms with E-state index in [1.54, 1.807) is 36.6 Å². The van der Waals surface area contributed by atoms with E-state index in [4.69, 9.17) is 21.1 Å². The molecular formula is C20H16ClN3O3S. The first-order valence-corrected chi connectivity index (χ1v) is 9.80. The number of nitrogens with zero attached hydrogens (tertiary/aromatic N) is 2. The molecule has 2 aromatic carbocycles. The molecule has 6 nitrogen and oxygen atoms in total. The number of methoxy groups -OCH3 is 1. The molecule has 0 bridgehead atoms. The number of ether oxygens (including phenoxy) is 2. The second-order valence-corrected chi connectivity index (χ2v) is 6.89. The molecule has 0 aliphatic rings. The largest absolute Gasteiger partial charge is 0.493 e. The number of aromatic nitrogens is 2. The predicted molar refractivity (Wildman–Crippen MR) is 109 cm³/mol. The fraction of sp³-hybridized carbons (Fsp3) is 0.150. The summed E-state index contributed by atoms with van der Waals surface area (Å²) in [5.41, 5.74) is 1.09. The highest BCUT2D eigenvalue weighted by molar-refractivity contribution is 7.98. The van der Waals surface area contributed by atoms with Gasteiger partial charge in [-0.15, -0.1) is 0 Å². The smallest absolute Gasteiger partial charge is 0.270 e. The number of hydrogen-bond donors (Lipinski definition) is 1. The van der Waals surface area contributed by atoms with Crippen molar-refractivity contribution in [2.45, 2.75) is 11.8 Å². The summed E-state index contributed by atoms with van der Waals surface area (Å²) in [6, 6.07) is 14.4. The van der Waals surface area contributed by atoms with Gasteiger partial charge in [0.1, 0.15) is 23.9 Å². The van der Waals surface area contributed by atoms with Gasteiger partial charge in [0.05, 0.1) is 7.11 Å². The van der Waals surface area contributed by atoms with Crippen molar-refractivity contribution in [2.75, 3.05) is 13.4 Å². The van der Waals surface area contributed by atoms with Crippen LogP contribution >= 0.6 is 23.4 Å². The van der Waals surface area contributed by atoms with Crippen LogP contribution in [0, 0.1) is 11.3 Å². The van der Waals surface area contributed by atoms with Gasteiger partial charge in [0.25, 0.3) is 5.56 Å². The number of benzene rings is 2. The second-order valence-electron chi connectivity index (χ2n) is 5.66. The number of para-hydroxylation sites is 1. The number of hydrogen-bond acceptors (Lipinski definition) is 6. The molecule has 142 valence electrons. The molecule has 0 fully saturated rings. The maximum absolute atomic E-state index is 12.3. The van der Waals surface area contributed by atoms with Crippen LogP contribution in [0.25, 0.3) is 11.3 Å². The van der Waals surface area contributed by atoms with Crippen LogP contribution in [-0.2, 0) is 6.61 Å². The maximum atomic E-state index is 12.3. The average molecular weight is 414 g/mol. The summed E-state index contributed by atoms with van der Waals surface area (Å²) in [7, 11) is 1.53. The van der Waals surface area contributed by atoms with E-state index in [0.717, 1.165) is 5.56 Å². The van der Waals surface area contributed by atoms with Gasteiger partial charge in [-0.2, -0.15) is 5.26 Å². The molecule has 1 heterocycles. The Bertz CT molecular complexity index is 1090. The van der Waals surface area contributed by atoms with Crippen molar-refractivity contribution >= 4 is 23.4 Å². The minimum absolute atomic E-state index is 0.0811. The Morgan fingerprint density at radius 1 is 1.25 bits per heavy atom. The van der Waals surface area contributed by atoms with E-state index in [1.807, 2.05) is 18.2 Å². The van der Waals surface area contributed by atoms with Gasteiger partial charge in [0, 0.05) is 10.6 Å².